The zero-order valence-electron chi connectivity index (χ0n) is 15.1. The minimum Gasteiger partial charge on any atom is -0.364 e. The molecule has 2 aromatic carbocycles. The van der Waals surface area contributed by atoms with Gasteiger partial charge in [-0.2, -0.15) is 0 Å². The van der Waals surface area contributed by atoms with Crippen LogP contribution < -0.4 is 0 Å². The molecule has 0 atom stereocenters. The summed E-state index contributed by atoms with van der Waals surface area (Å²) >= 11 is 6.58. The fourth-order valence-electron chi connectivity index (χ4n) is 4.89. The van der Waals surface area contributed by atoms with Crippen molar-refractivity contribution in [1.82, 2.24) is 0 Å². The van der Waals surface area contributed by atoms with E-state index >= 15 is 4.39 Å². The molecule has 3 aliphatic rings. The monoisotopic (exact) mass is 384 g/mol. The predicted octanol–water partition coefficient (Wildman–Crippen LogP) is 5.38. The fourth-order valence-corrected chi connectivity index (χ4v) is 5.20. The van der Waals surface area contributed by atoms with E-state index in [4.69, 9.17) is 11.6 Å². The van der Waals surface area contributed by atoms with Crippen LogP contribution in [0.5, 0.6) is 0 Å². The predicted molar refractivity (Wildman–Crippen MR) is 104 cm³/mol. The average molecular weight is 385 g/mol. The normalized spacial score (nSPS) is 20.8. The molecular weight excluding hydrogens is 363 g/mol. The number of rotatable bonds is 3. The second kappa shape index (κ2) is 5.66. The van der Waals surface area contributed by atoms with Crippen LogP contribution >= 0.6 is 11.6 Å². The third kappa shape index (κ3) is 2.52. The van der Waals surface area contributed by atoms with E-state index in [0.717, 1.165) is 55.2 Å². The molecule has 5 rings (SSSR count). The van der Waals surface area contributed by atoms with Crippen molar-refractivity contribution in [1.29, 1.82) is 0 Å². The van der Waals surface area contributed by atoms with E-state index in [1.54, 1.807) is 24.3 Å². The van der Waals surface area contributed by atoms with Crippen LogP contribution in [0, 0.1) is 5.82 Å². The third-order valence-electron chi connectivity index (χ3n) is 6.97. The van der Waals surface area contributed by atoms with Crippen LogP contribution in [-0.2, 0) is 10.8 Å². The van der Waals surface area contributed by atoms with Crippen molar-refractivity contribution in [3.8, 4) is 0 Å². The lowest BCUT2D eigenvalue weighted by molar-refractivity contribution is -0.0424. The third-order valence-corrected chi connectivity index (χ3v) is 7.27. The molecule has 0 radical (unpaired) electrons. The summed E-state index contributed by atoms with van der Waals surface area (Å²) in [5.74, 6) is -0.197. The molecule has 2 spiro atoms. The van der Waals surface area contributed by atoms with Gasteiger partial charge in [0, 0.05) is 11.1 Å². The molecule has 3 aliphatic carbocycles. The first-order valence-corrected chi connectivity index (χ1v) is 9.93. The van der Waals surface area contributed by atoms with Gasteiger partial charge in [-0.3, -0.25) is 0 Å². The van der Waals surface area contributed by atoms with Gasteiger partial charge < -0.3 is 10.2 Å². The van der Waals surface area contributed by atoms with Gasteiger partial charge in [0.15, 0.2) is 6.29 Å². The lowest BCUT2D eigenvalue weighted by Crippen LogP contribution is -2.26. The van der Waals surface area contributed by atoms with Gasteiger partial charge in [0.2, 0.25) is 0 Å². The molecule has 0 aromatic heterocycles. The SMILES string of the molecule is C=C(c1ccc(C(O)O)cc1)c1c(Cl)cc2c(c1F)C1(CCC23CC3)CC1. The molecule has 2 fully saturated rings. The highest BCUT2D eigenvalue weighted by Crippen LogP contribution is 2.66. The maximum Gasteiger partial charge on any atom is 0.178 e. The summed E-state index contributed by atoms with van der Waals surface area (Å²) in [5.41, 5.74) is 4.24. The molecule has 0 amide bonds. The smallest absolute Gasteiger partial charge is 0.178 e. The average Bonchev–Trinajstić information content (AvgIpc) is 3.55. The van der Waals surface area contributed by atoms with Gasteiger partial charge in [-0.15, -0.1) is 0 Å². The van der Waals surface area contributed by atoms with Crippen LogP contribution in [0.4, 0.5) is 4.39 Å². The Labute approximate surface area is 163 Å². The van der Waals surface area contributed by atoms with Crippen molar-refractivity contribution in [2.75, 3.05) is 0 Å². The number of fused-ring (bicyclic) bond motifs is 3. The molecule has 2 saturated carbocycles. The van der Waals surface area contributed by atoms with E-state index in [1.165, 1.54) is 0 Å². The topological polar surface area (TPSA) is 40.5 Å². The molecule has 0 aliphatic heterocycles. The number of benzene rings is 2. The van der Waals surface area contributed by atoms with Crippen molar-refractivity contribution in [2.24, 2.45) is 0 Å². The highest BCUT2D eigenvalue weighted by Gasteiger charge is 2.58. The highest BCUT2D eigenvalue weighted by molar-refractivity contribution is 6.32. The Kier molecular flexibility index (Phi) is 3.65. The molecule has 0 saturated heterocycles. The minimum absolute atomic E-state index is 0.0116. The Morgan fingerprint density at radius 2 is 1.56 bits per heavy atom. The van der Waals surface area contributed by atoms with Gasteiger partial charge in [0.05, 0.1) is 5.02 Å². The second-order valence-corrected chi connectivity index (χ2v) is 8.91. The van der Waals surface area contributed by atoms with Gasteiger partial charge in [0.25, 0.3) is 0 Å². The summed E-state index contributed by atoms with van der Waals surface area (Å²) in [6, 6.07) is 8.66. The molecule has 2 aromatic rings. The van der Waals surface area contributed by atoms with Gasteiger partial charge in [-0.1, -0.05) is 42.4 Å². The van der Waals surface area contributed by atoms with Crippen LogP contribution in [0.2, 0.25) is 5.02 Å². The molecule has 140 valence electrons. The van der Waals surface area contributed by atoms with E-state index in [2.05, 4.69) is 6.58 Å². The zero-order valence-corrected chi connectivity index (χ0v) is 15.8. The molecule has 0 bridgehead atoms. The van der Waals surface area contributed by atoms with Gasteiger partial charge in [-0.05, 0) is 77.7 Å². The number of aliphatic hydroxyl groups is 2. The maximum absolute atomic E-state index is 15.8. The van der Waals surface area contributed by atoms with Crippen molar-refractivity contribution in [2.45, 2.75) is 55.6 Å². The van der Waals surface area contributed by atoms with Crippen molar-refractivity contribution < 1.29 is 14.6 Å². The number of hydrogen-bond donors (Lipinski definition) is 2. The summed E-state index contributed by atoms with van der Waals surface area (Å²) < 4.78 is 15.8. The lowest BCUT2D eigenvalue weighted by atomic mass is 9.71. The van der Waals surface area contributed by atoms with E-state index in [1.807, 2.05) is 6.07 Å². The molecule has 4 heteroatoms. The highest BCUT2D eigenvalue weighted by atomic mass is 35.5. The van der Waals surface area contributed by atoms with Crippen LogP contribution in [0.15, 0.2) is 36.9 Å². The summed E-state index contributed by atoms with van der Waals surface area (Å²) in [6.45, 7) is 4.11. The molecule has 27 heavy (non-hydrogen) atoms. The largest absolute Gasteiger partial charge is 0.364 e. The van der Waals surface area contributed by atoms with Gasteiger partial charge >= 0.3 is 0 Å². The van der Waals surface area contributed by atoms with E-state index in [-0.39, 0.29) is 16.6 Å². The van der Waals surface area contributed by atoms with Crippen LogP contribution in [-0.4, -0.2) is 10.2 Å². The Morgan fingerprint density at radius 3 is 2.11 bits per heavy atom. The second-order valence-electron chi connectivity index (χ2n) is 8.50. The number of aliphatic hydroxyl groups excluding tert-OH is 1. The molecule has 0 unspecified atom stereocenters. The summed E-state index contributed by atoms with van der Waals surface area (Å²) in [6.07, 6.45) is 5.09. The number of halogens is 2. The minimum atomic E-state index is -1.53. The molecular formula is C23H22ClFO2. The van der Waals surface area contributed by atoms with Crippen molar-refractivity contribution >= 4 is 17.2 Å². The first-order chi connectivity index (χ1) is 12.9. The Hall–Kier alpha value is -1.68. The van der Waals surface area contributed by atoms with E-state index < -0.39 is 6.29 Å². The van der Waals surface area contributed by atoms with Crippen molar-refractivity contribution in [3.63, 3.8) is 0 Å². The quantitative estimate of drug-likeness (QED) is 0.697. The molecule has 2 N–H and O–H groups in total. The van der Waals surface area contributed by atoms with E-state index in [0.29, 0.717) is 21.7 Å². The maximum atomic E-state index is 15.8. The van der Waals surface area contributed by atoms with Crippen molar-refractivity contribution in [3.05, 3.63) is 75.6 Å². The first-order valence-electron chi connectivity index (χ1n) is 9.56. The summed E-state index contributed by atoms with van der Waals surface area (Å²) in [5, 5.41) is 18.9. The fraction of sp³-hybridized carbons (Fsp3) is 0.391. The zero-order chi connectivity index (χ0) is 19.0. The Morgan fingerprint density at radius 1 is 1.00 bits per heavy atom. The van der Waals surface area contributed by atoms with Gasteiger partial charge in [-0.25, -0.2) is 4.39 Å². The lowest BCUT2D eigenvalue weighted by Gasteiger charge is -2.34. The van der Waals surface area contributed by atoms with E-state index in [9.17, 15) is 10.2 Å². The van der Waals surface area contributed by atoms with Gasteiger partial charge in [0.1, 0.15) is 5.82 Å². The van der Waals surface area contributed by atoms with Crippen LogP contribution in [0.25, 0.3) is 5.57 Å². The first kappa shape index (κ1) is 17.4. The van der Waals surface area contributed by atoms with Crippen LogP contribution in [0.1, 0.15) is 72.6 Å². The molecule has 0 heterocycles. The number of hydrogen-bond acceptors (Lipinski definition) is 2. The van der Waals surface area contributed by atoms with Crippen LogP contribution in [0.3, 0.4) is 0 Å². The Balaban J connectivity index is 1.62. The Bertz CT molecular complexity index is 953. The molecule has 2 nitrogen and oxygen atoms in total. The standard InChI is InChI=1S/C23H22ClFO2/c1-13(14-2-4-15(5-3-14)21(26)27)18-17(24)12-16-19(20(18)25)23(10-11-23)9-8-22(16)6-7-22/h2-5,12,21,26-27H,1,6-11H2. The summed E-state index contributed by atoms with van der Waals surface area (Å²) in [7, 11) is 0. The summed E-state index contributed by atoms with van der Waals surface area (Å²) in [4.78, 5) is 0.